The minimum absolute atomic E-state index is 0.0297. The van der Waals surface area contributed by atoms with Gasteiger partial charge in [-0.3, -0.25) is 18.5 Å². The summed E-state index contributed by atoms with van der Waals surface area (Å²) in [6, 6.07) is 9.96. The first-order valence-corrected chi connectivity index (χ1v) is 13.1. The van der Waals surface area contributed by atoms with E-state index in [1.165, 1.54) is 4.31 Å². The molecule has 1 heterocycles. The van der Waals surface area contributed by atoms with Gasteiger partial charge in [-0.15, -0.1) is 0 Å². The summed E-state index contributed by atoms with van der Waals surface area (Å²) < 4.78 is 29.2. The zero-order valence-electron chi connectivity index (χ0n) is 19.2. The Morgan fingerprint density at radius 1 is 1.16 bits per heavy atom. The van der Waals surface area contributed by atoms with Crippen molar-refractivity contribution in [2.45, 2.75) is 53.1 Å². The molecule has 0 saturated heterocycles. The smallest absolute Gasteiger partial charge is 0.308 e. The molecule has 0 radical (unpaired) electrons. The van der Waals surface area contributed by atoms with E-state index in [-0.39, 0.29) is 10.9 Å². The molecular weight excluding hydrogens is 446 g/mol. The van der Waals surface area contributed by atoms with Gasteiger partial charge in [-0.25, -0.2) is 8.42 Å². The van der Waals surface area contributed by atoms with Crippen LogP contribution in [0.3, 0.4) is 0 Å². The molecule has 0 fully saturated rings. The van der Waals surface area contributed by atoms with Gasteiger partial charge >= 0.3 is 4.87 Å². The first-order chi connectivity index (χ1) is 14.9. The predicted octanol–water partition coefficient (Wildman–Crippen LogP) is 4.44. The van der Waals surface area contributed by atoms with E-state index >= 15 is 0 Å². The van der Waals surface area contributed by atoms with Crippen LogP contribution in [0.4, 0.5) is 11.4 Å². The fraction of sp³-hybridized carbons (Fsp3) is 0.391. The van der Waals surface area contributed by atoms with Gasteiger partial charge in [0.2, 0.25) is 15.9 Å². The molecular formula is C23H29N3O4S2. The highest BCUT2D eigenvalue weighted by atomic mass is 32.2. The van der Waals surface area contributed by atoms with Gasteiger partial charge in [-0.1, -0.05) is 30.4 Å². The molecule has 0 bridgehead atoms. The number of hydrogen-bond donors (Lipinski definition) is 1. The zero-order chi connectivity index (χ0) is 23.8. The highest BCUT2D eigenvalue weighted by molar-refractivity contribution is 7.92. The molecule has 32 heavy (non-hydrogen) atoms. The molecule has 3 aromatic rings. The second-order valence-corrected chi connectivity index (χ2v) is 11.1. The molecule has 7 nitrogen and oxygen atoms in total. The fourth-order valence-electron chi connectivity index (χ4n) is 3.82. The lowest BCUT2D eigenvalue weighted by Gasteiger charge is -2.31. The maximum atomic E-state index is 13.2. The first-order valence-electron chi connectivity index (χ1n) is 10.5. The molecule has 0 aliphatic heterocycles. The lowest BCUT2D eigenvalue weighted by Crippen LogP contribution is -2.47. The highest BCUT2D eigenvalue weighted by Gasteiger charge is 2.32. The van der Waals surface area contributed by atoms with Crippen molar-refractivity contribution in [3.8, 4) is 0 Å². The minimum Gasteiger partial charge on any atom is -0.324 e. The van der Waals surface area contributed by atoms with E-state index in [4.69, 9.17) is 0 Å². The van der Waals surface area contributed by atoms with Crippen LogP contribution in [-0.4, -0.2) is 31.2 Å². The summed E-state index contributed by atoms with van der Waals surface area (Å²) >= 11 is 1.12. The second-order valence-electron chi connectivity index (χ2n) is 8.28. The predicted molar refractivity (Wildman–Crippen MR) is 132 cm³/mol. The number of anilines is 2. The van der Waals surface area contributed by atoms with E-state index < -0.39 is 22.0 Å². The Bertz CT molecular complexity index is 1320. The molecule has 9 heteroatoms. The molecule has 1 N–H and O–H groups in total. The molecule has 2 aromatic carbocycles. The van der Waals surface area contributed by atoms with Crippen LogP contribution in [0.2, 0.25) is 0 Å². The van der Waals surface area contributed by atoms with Crippen LogP contribution in [0.5, 0.6) is 0 Å². The number of aromatic nitrogens is 1. The van der Waals surface area contributed by atoms with Gasteiger partial charge in [-0.2, -0.15) is 0 Å². The number of nitrogens with one attached hydrogen (secondary N) is 1. The number of fused-ring (bicyclic) bond motifs is 1. The van der Waals surface area contributed by atoms with Crippen LogP contribution in [0.15, 0.2) is 41.2 Å². The average molecular weight is 476 g/mol. The third kappa shape index (κ3) is 4.73. The van der Waals surface area contributed by atoms with Gasteiger partial charge in [-0.05, 0) is 69.5 Å². The Morgan fingerprint density at radius 3 is 2.44 bits per heavy atom. The van der Waals surface area contributed by atoms with Crippen molar-refractivity contribution in [3.05, 3.63) is 57.2 Å². The number of aryl methyl sites for hydroxylation is 2. The van der Waals surface area contributed by atoms with Crippen LogP contribution in [-0.2, 0) is 14.8 Å². The van der Waals surface area contributed by atoms with Crippen LogP contribution in [0.1, 0.15) is 44.4 Å². The third-order valence-corrected chi connectivity index (χ3v) is 7.41. The van der Waals surface area contributed by atoms with Gasteiger partial charge in [0, 0.05) is 11.7 Å². The van der Waals surface area contributed by atoms with Crippen molar-refractivity contribution in [3.63, 3.8) is 0 Å². The quantitative estimate of drug-likeness (QED) is 0.547. The monoisotopic (exact) mass is 475 g/mol. The second kappa shape index (κ2) is 9.07. The summed E-state index contributed by atoms with van der Waals surface area (Å²) in [5.74, 6) is -0.422. The number of carbonyl (C=O) groups excluding carboxylic acids is 1. The molecule has 0 unspecified atom stereocenters. The number of carbonyl (C=O) groups is 1. The number of amides is 1. The Balaban J connectivity index is 1.98. The Hall–Kier alpha value is -2.65. The van der Waals surface area contributed by atoms with E-state index in [1.807, 2.05) is 45.9 Å². The largest absolute Gasteiger partial charge is 0.324 e. The summed E-state index contributed by atoms with van der Waals surface area (Å²) in [4.78, 5) is 25.5. The topological polar surface area (TPSA) is 88.5 Å². The minimum atomic E-state index is -3.72. The van der Waals surface area contributed by atoms with E-state index in [0.717, 1.165) is 38.9 Å². The van der Waals surface area contributed by atoms with Crippen molar-refractivity contribution >= 4 is 48.9 Å². The Labute approximate surface area is 192 Å². The Morgan fingerprint density at radius 2 is 1.84 bits per heavy atom. The van der Waals surface area contributed by atoms with Gasteiger partial charge in [0.15, 0.2) is 0 Å². The summed E-state index contributed by atoms with van der Waals surface area (Å²) in [6.07, 6.45) is 1.41. The van der Waals surface area contributed by atoms with E-state index in [9.17, 15) is 18.0 Å². The van der Waals surface area contributed by atoms with E-state index in [2.05, 4.69) is 5.32 Å². The molecule has 0 aliphatic rings. The molecule has 0 spiro atoms. The molecule has 3 rings (SSSR count). The number of hydrogen-bond acceptors (Lipinski definition) is 5. The Kier molecular flexibility index (Phi) is 6.80. The standard InChI is InChI=1S/C23H29N3O4S2/c1-7-18(26(32(6,29)30)20-12-15(4)8-9-16(20)5)22(27)24-17-10-11-19-21(13-17)31-23(28)25(19)14(2)3/h8-14,18H,7H2,1-6H3,(H,24,27)/t18-/m0/s1. The van der Waals surface area contributed by atoms with Crippen molar-refractivity contribution < 1.29 is 13.2 Å². The van der Waals surface area contributed by atoms with Gasteiger partial charge in [0.25, 0.3) is 0 Å². The number of thiazole rings is 1. The zero-order valence-corrected chi connectivity index (χ0v) is 20.8. The SMILES string of the molecule is CC[C@@H](C(=O)Nc1ccc2c(c1)sc(=O)n2C(C)C)N(c1cc(C)ccc1C)S(C)(=O)=O. The highest BCUT2D eigenvalue weighted by Crippen LogP contribution is 2.29. The molecule has 1 aromatic heterocycles. The van der Waals surface area contributed by atoms with Crippen LogP contribution in [0, 0.1) is 13.8 Å². The van der Waals surface area contributed by atoms with E-state index in [1.54, 1.807) is 29.7 Å². The first kappa shape index (κ1) is 24.0. The lowest BCUT2D eigenvalue weighted by molar-refractivity contribution is -0.117. The van der Waals surface area contributed by atoms with Gasteiger partial charge in [0.1, 0.15) is 6.04 Å². The summed E-state index contributed by atoms with van der Waals surface area (Å²) in [5, 5.41) is 2.85. The average Bonchev–Trinajstić information content (AvgIpc) is 3.02. The number of rotatable bonds is 7. The molecule has 1 atom stereocenters. The third-order valence-electron chi connectivity index (χ3n) is 5.33. The summed E-state index contributed by atoms with van der Waals surface area (Å²) in [5.41, 5.74) is 3.51. The van der Waals surface area contributed by atoms with Crippen molar-refractivity contribution in [2.24, 2.45) is 0 Å². The molecule has 1 amide bonds. The normalized spacial score (nSPS) is 12.8. The maximum Gasteiger partial charge on any atom is 0.308 e. The molecule has 172 valence electrons. The summed E-state index contributed by atoms with van der Waals surface area (Å²) in [6.45, 7) is 9.39. The number of nitrogens with zero attached hydrogens (tertiary/aromatic N) is 2. The number of sulfonamides is 1. The lowest BCUT2D eigenvalue weighted by atomic mass is 10.1. The van der Waals surface area contributed by atoms with E-state index in [0.29, 0.717) is 17.8 Å². The van der Waals surface area contributed by atoms with Crippen LogP contribution >= 0.6 is 11.3 Å². The van der Waals surface area contributed by atoms with Crippen molar-refractivity contribution in [1.82, 2.24) is 4.57 Å². The van der Waals surface area contributed by atoms with Gasteiger partial charge < -0.3 is 5.32 Å². The molecule has 0 saturated carbocycles. The van der Waals surface area contributed by atoms with Crippen molar-refractivity contribution in [1.29, 1.82) is 0 Å². The maximum absolute atomic E-state index is 13.2. The van der Waals surface area contributed by atoms with Crippen molar-refractivity contribution in [2.75, 3.05) is 15.9 Å². The molecule has 0 aliphatic carbocycles. The fourth-order valence-corrected chi connectivity index (χ4v) is 6.13. The van der Waals surface area contributed by atoms with Crippen LogP contribution in [0.25, 0.3) is 10.2 Å². The van der Waals surface area contributed by atoms with Gasteiger partial charge in [0.05, 0.1) is 22.2 Å². The number of benzene rings is 2. The van der Waals surface area contributed by atoms with Crippen LogP contribution < -0.4 is 14.5 Å². The summed E-state index contributed by atoms with van der Waals surface area (Å²) in [7, 11) is -3.72.